The Balaban J connectivity index is 1.61. The number of carbonyl (C=O) groups excluding carboxylic acids is 1. The zero-order valence-corrected chi connectivity index (χ0v) is 13.8. The maximum absolute atomic E-state index is 12.1. The second-order valence-electron chi connectivity index (χ2n) is 5.67. The maximum atomic E-state index is 12.1. The number of aromatic nitrogens is 4. The van der Waals surface area contributed by atoms with Crippen LogP contribution in [-0.4, -0.2) is 25.5 Å². The first-order chi connectivity index (χ1) is 11.0. The first kappa shape index (κ1) is 15.6. The number of nitrogens with one attached hydrogen (secondary N) is 1. The fourth-order valence-corrected chi connectivity index (χ4v) is 2.53. The van der Waals surface area contributed by atoms with Crippen molar-refractivity contribution in [2.75, 3.05) is 5.32 Å². The van der Waals surface area contributed by atoms with E-state index in [2.05, 4.69) is 15.5 Å². The highest BCUT2D eigenvalue weighted by Crippen LogP contribution is 2.19. The summed E-state index contributed by atoms with van der Waals surface area (Å²) in [6.07, 6.45) is 5.58. The van der Waals surface area contributed by atoms with Crippen LogP contribution in [0.4, 0.5) is 5.69 Å². The minimum absolute atomic E-state index is 0.0640. The normalized spacial score (nSPS) is 11.3. The van der Waals surface area contributed by atoms with Crippen molar-refractivity contribution in [3.63, 3.8) is 0 Å². The molecule has 0 radical (unpaired) electrons. The molecular formula is C16H18ClN5O. The van der Waals surface area contributed by atoms with Gasteiger partial charge in [0.05, 0.1) is 30.1 Å². The lowest BCUT2D eigenvalue weighted by atomic mass is 10.2. The summed E-state index contributed by atoms with van der Waals surface area (Å²) in [7, 11) is 0. The van der Waals surface area contributed by atoms with Crippen molar-refractivity contribution in [3.8, 4) is 0 Å². The van der Waals surface area contributed by atoms with E-state index in [4.69, 9.17) is 11.6 Å². The molecule has 2 aromatic heterocycles. The first-order valence-corrected chi connectivity index (χ1v) is 7.86. The summed E-state index contributed by atoms with van der Waals surface area (Å²) in [5.74, 6) is -0.0640. The zero-order chi connectivity index (χ0) is 16.4. The van der Waals surface area contributed by atoms with Crippen LogP contribution in [0.3, 0.4) is 0 Å². The number of anilines is 1. The summed E-state index contributed by atoms with van der Waals surface area (Å²) >= 11 is 5.96. The molecule has 0 aliphatic heterocycles. The van der Waals surface area contributed by atoms with Crippen LogP contribution in [-0.2, 0) is 11.3 Å². The second kappa shape index (κ2) is 6.42. The van der Waals surface area contributed by atoms with E-state index < -0.39 is 0 Å². The summed E-state index contributed by atoms with van der Waals surface area (Å²) in [5.41, 5.74) is 1.68. The summed E-state index contributed by atoms with van der Waals surface area (Å²) in [6.45, 7) is 4.58. The predicted octanol–water partition coefficient (Wildman–Crippen LogP) is 3.50. The number of aryl methyl sites for hydroxylation is 1. The molecule has 0 fully saturated rings. The lowest BCUT2D eigenvalue weighted by molar-refractivity contribution is -0.116. The molecule has 2 heterocycles. The topological polar surface area (TPSA) is 64.7 Å². The maximum Gasteiger partial charge on any atom is 0.226 e. The Hall–Kier alpha value is -2.34. The van der Waals surface area contributed by atoms with Gasteiger partial charge in [0, 0.05) is 29.1 Å². The molecule has 0 spiro atoms. The molecule has 3 rings (SSSR count). The molecule has 1 aromatic carbocycles. The molecule has 0 unspecified atom stereocenters. The SMILES string of the molecule is CC(C)n1cc(NC(=O)CCn2ncc3cc(Cl)ccc32)cn1. The van der Waals surface area contributed by atoms with Crippen LogP contribution < -0.4 is 5.32 Å². The largest absolute Gasteiger partial charge is 0.323 e. The van der Waals surface area contributed by atoms with E-state index in [0.29, 0.717) is 23.7 Å². The van der Waals surface area contributed by atoms with E-state index in [1.807, 2.05) is 42.9 Å². The third kappa shape index (κ3) is 3.53. The van der Waals surface area contributed by atoms with Gasteiger partial charge < -0.3 is 5.32 Å². The van der Waals surface area contributed by atoms with E-state index in [1.165, 1.54) is 0 Å². The minimum atomic E-state index is -0.0640. The van der Waals surface area contributed by atoms with Gasteiger partial charge in [0.1, 0.15) is 0 Å². The molecule has 0 atom stereocenters. The van der Waals surface area contributed by atoms with Crippen molar-refractivity contribution >= 4 is 34.1 Å². The number of benzene rings is 1. The third-order valence-electron chi connectivity index (χ3n) is 3.57. The molecule has 3 aromatic rings. The lowest BCUT2D eigenvalue weighted by Gasteiger charge is -2.05. The number of amides is 1. The fourth-order valence-electron chi connectivity index (χ4n) is 2.35. The van der Waals surface area contributed by atoms with Gasteiger partial charge in [-0.05, 0) is 32.0 Å². The summed E-state index contributed by atoms with van der Waals surface area (Å²) < 4.78 is 3.61. The zero-order valence-electron chi connectivity index (χ0n) is 13.0. The van der Waals surface area contributed by atoms with Crippen LogP contribution in [0.1, 0.15) is 26.3 Å². The van der Waals surface area contributed by atoms with E-state index in [1.54, 1.807) is 17.1 Å². The van der Waals surface area contributed by atoms with Crippen LogP contribution in [0.25, 0.3) is 10.9 Å². The lowest BCUT2D eigenvalue weighted by Crippen LogP contribution is -2.14. The molecular weight excluding hydrogens is 314 g/mol. The highest BCUT2D eigenvalue weighted by atomic mass is 35.5. The molecule has 0 saturated heterocycles. The Morgan fingerprint density at radius 2 is 2.13 bits per heavy atom. The van der Waals surface area contributed by atoms with Gasteiger partial charge in [-0.25, -0.2) is 0 Å². The molecule has 7 heteroatoms. The fraction of sp³-hybridized carbons (Fsp3) is 0.312. The van der Waals surface area contributed by atoms with Crippen LogP contribution in [0.15, 0.2) is 36.8 Å². The van der Waals surface area contributed by atoms with Crippen LogP contribution >= 0.6 is 11.6 Å². The van der Waals surface area contributed by atoms with Gasteiger partial charge in [0.25, 0.3) is 0 Å². The summed E-state index contributed by atoms with van der Waals surface area (Å²) in [6, 6.07) is 5.86. The number of rotatable bonds is 5. The molecule has 0 aliphatic rings. The number of fused-ring (bicyclic) bond motifs is 1. The molecule has 6 nitrogen and oxygen atoms in total. The van der Waals surface area contributed by atoms with E-state index in [-0.39, 0.29) is 11.9 Å². The Bertz CT molecular complexity index is 836. The highest BCUT2D eigenvalue weighted by molar-refractivity contribution is 6.31. The van der Waals surface area contributed by atoms with Gasteiger partial charge in [-0.2, -0.15) is 10.2 Å². The number of halogens is 1. The molecule has 0 saturated carbocycles. The molecule has 1 N–H and O–H groups in total. The van der Waals surface area contributed by atoms with Gasteiger partial charge >= 0.3 is 0 Å². The molecule has 0 aliphatic carbocycles. The Morgan fingerprint density at radius 3 is 2.87 bits per heavy atom. The van der Waals surface area contributed by atoms with Crippen molar-refractivity contribution in [1.82, 2.24) is 19.6 Å². The van der Waals surface area contributed by atoms with Gasteiger partial charge in [-0.15, -0.1) is 0 Å². The predicted molar refractivity (Wildman–Crippen MR) is 90.6 cm³/mol. The van der Waals surface area contributed by atoms with Crippen LogP contribution in [0.2, 0.25) is 5.02 Å². The number of nitrogens with zero attached hydrogens (tertiary/aromatic N) is 4. The average molecular weight is 332 g/mol. The quantitative estimate of drug-likeness (QED) is 0.778. The molecule has 120 valence electrons. The van der Waals surface area contributed by atoms with Crippen LogP contribution in [0.5, 0.6) is 0 Å². The van der Waals surface area contributed by atoms with Gasteiger partial charge in [0.15, 0.2) is 0 Å². The van der Waals surface area contributed by atoms with E-state index >= 15 is 0 Å². The Morgan fingerprint density at radius 1 is 1.30 bits per heavy atom. The van der Waals surface area contributed by atoms with Crippen molar-refractivity contribution in [3.05, 3.63) is 41.8 Å². The average Bonchev–Trinajstić information content (AvgIpc) is 3.11. The van der Waals surface area contributed by atoms with Crippen molar-refractivity contribution < 1.29 is 4.79 Å². The molecule has 23 heavy (non-hydrogen) atoms. The number of hydrogen-bond donors (Lipinski definition) is 1. The minimum Gasteiger partial charge on any atom is -0.323 e. The number of carbonyl (C=O) groups is 1. The third-order valence-corrected chi connectivity index (χ3v) is 3.80. The number of hydrogen-bond acceptors (Lipinski definition) is 3. The van der Waals surface area contributed by atoms with E-state index in [9.17, 15) is 4.79 Å². The van der Waals surface area contributed by atoms with Crippen LogP contribution in [0, 0.1) is 0 Å². The van der Waals surface area contributed by atoms with Gasteiger partial charge in [0.2, 0.25) is 5.91 Å². The van der Waals surface area contributed by atoms with Crippen molar-refractivity contribution in [1.29, 1.82) is 0 Å². The Labute approximate surface area is 139 Å². The first-order valence-electron chi connectivity index (χ1n) is 7.48. The van der Waals surface area contributed by atoms with Gasteiger partial charge in [-0.3, -0.25) is 14.2 Å². The highest BCUT2D eigenvalue weighted by Gasteiger charge is 2.08. The van der Waals surface area contributed by atoms with Crippen molar-refractivity contribution in [2.45, 2.75) is 32.9 Å². The summed E-state index contributed by atoms with van der Waals surface area (Å²) in [4.78, 5) is 12.1. The molecule has 1 amide bonds. The second-order valence-corrected chi connectivity index (χ2v) is 6.11. The smallest absolute Gasteiger partial charge is 0.226 e. The van der Waals surface area contributed by atoms with E-state index in [0.717, 1.165) is 10.9 Å². The Kier molecular flexibility index (Phi) is 4.34. The standard InChI is InChI=1S/C16H18ClN5O/c1-11(2)22-10-14(9-19-22)20-16(23)5-6-21-15-4-3-13(17)7-12(15)8-18-21/h3-4,7-11H,5-6H2,1-2H3,(H,20,23). The van der Waals surface area contributed by atoms with Gasteiger partial charge in [-0.1, -0.05) is 11.6 Å². The monoisotopic (exact) mass is 331 g/mol. The van der Waals surface area contributed by atoms with Crippen molar-refractivity contribution in [2.24, 2.45) is 0 Å². The molecule has 0 bridgehead atoms. The summed E-state index contributed by atoms with van der Waals surface area (Å²) in [5, 5.41) is 13.0.